The molecule has 0 heterocycles. The van der Waals surface area contributed by atoms with Gasteiger partial charge in [0.1, 0.15) is 0 Å². The summed E-state index contributed by atoms with van der Waals surface area (Å²) in [5.74, 6) is 0. The molecule has 0 aromatic rings. The normalized spacial score (nSPS) is 20.2. The van der Waals surface area contributed by atoms with Crippen LogP contribution in [0.4, 0.5) is 0 Å². The third kappa shape index (κ3) is 1.65. The topological polar surface area (TPSA) is 63.4 Å². The van der Waals surface area contributed by atoms with Gasteiger partial charge in [-0.05, 0) is 6.08 Å². The van der Waals surface area contributed by atoms with Crippen molar-refractivity contribution in [2.24, 2.45) is 0 Å². The van der Waals surface area contributed by atoms with E-state index in [1.165, 1.54) is 12.2 Å². The van der Waals surface area contributed by atoms with Crippen molar-refractivity contribution in [3.05, 3.63) is 44.8 Å². The molecule has 0 saturated heterocycles. The van der Waals surface area contributed by atoms with Gasteiger partial charge < -0.3 is 5.11 Å². The summed E-state index contributed by atoms with van der Waals surface area (Å²) in [6.07, 6.45) is 3.65. The largest absolute Gasteiger partial charge is 0.515 e. The summed E-state index contributed by atoms with van der Waals surface area (Å²) in [4.78, 5) is 9.79. The maximum atomic E-state index is 10.3. The Morgan fingerprint density at radius 2 is 2.33 bits per heavy atom. The van der Waals surface area contributed by atoms with Gasteiger partial charge in [0, 0.05) is 17.5 Å². The molecule has 64 valence electrons. The van der Waals surface area contributed by atoms with Crippen LogP contribution in [0, 0.1) is 10.1 Å². The number of aliphatic hydroxyl groups excluding tert-OH is 1. The Labute approximate surface area is 73.6 Å². The first-order chi connectivity index (χ1) is 5.65. The molecule has 1 aliphatic carbocycles. The highest BCUT2D eigenvalue weighted by Gasteiger charge is 2.20. The molecule has 0 amide bonds. The van der Waals surface area contributed by atoms with Crippen molar-refractivity contribution < 1.29 is 10.0 Å². The third-order valence-corrected chi connectivity index (χ3v) is 1.72. The number of allylic oxidation sites excluding steroid dienone is 4. The molecule has 5 heteroatoms. The Hall–Kier alpha value is -1.29. The van der Waals surface area contributed by atoms with E-state index in [0.717, 1.165) is 0 Å². The summed E-state index contributed by atoms with van der Waals surface area (Å²) < 4.78 is 0. The van der Waals surface area contributed by atoms with Crippen molar-refractivity contribution in [1.82, 2.24) is 0 Å². The molecular formula is C7H6ClNO3. The zero-order valence-electron chi connectivity index (χ0n) is 6.03. The highest BCUT2D eigenvalue weighted by Crippen LogP contribution is 2.26. The zero-order chi connectivity index (χ0) is 9.14. The van der Waals surface area contributed by atoms with E-state index in [9.17, 15) is 10.1 Å². The molecule has 0 radical (unpaired) electrons. The minimum Gasteiger partial charge on any atom is -0.515 e. The van der Waals surface area contributed by atoms with E-state index in [1.54, 1.807) is 0 Å². The molecule has 0 aromatic carbocycles. The van der Waals surface area contributed by atoms with Crippen LogP contribution >= 0.6 is 11.6 Å². The minimum atomic E-state index is -0.554. The van der Waals surface area contributed by atoms with Crippen LogP contribution in [0.1, 0.15) is 6.42 Å². The third-order valence-electron chi connectivity index (χ3n) is 1.46. The van der Waals surface area contributed by atoms with Crippen molar-refractivity contribution in [3.8, 4) is 0 Å². The fourth-order valence-electron chi connectivity index (χ4n) is 0.898. The molecule has 0 fully saturated rings. The van der Waals surface area contributed by atoms with Crippen LogP contribution in [-0.4, -0.2) is 10.0 Å². The van der Waals surface area contributed by atoms with Gasteiger partial charge in [-0.1, -0.05) is 11.6 Å². The predicted molar refractivity (Wildman–Crippen MR) is 44.3 cm³/mol. The lowest BCUT2D eigenvalue weighted by atomic mass is 10.1. The zero-order valence-corrected chi connectivity index (χ0v) is 6.78. The van der Waals surface area contributed by atoms with E-state index in [-0.39, 0.29) is 17.7 Å². The Kier molecular flexibility index (Phi) is 2.50. The molecule has 0 saturated carbocycles. The Morgan fingerprint density at radius 1 is 1.67 bits per heavy atom. The first kappa shape index (κ1) is 8.80. The number of hydrogen-bond donors (Lipinski definition) is 1. The Balaban J connectivity index is 3.03. The highest BCUT2D eigenvalue weighted by molar-refractivity contribution is 6.30. The van der Waals surface area contributed by atoms with Crippen molar-refractivity contribution in [1.29, 1.82) is 0 Å². The maximum absolute atomic E-state index is 10.3. The summed E-state index contributed by atoms with van der Waals surface area (Å²) in [6, 6.07) is 0. The van der Waals surface area contributed by atoms with E-state index in [1.807, 2.05) is 0 Å². The van der Waals surface area contributed by atoms with Crippen molar-refractivity contribution in [3.63, 3.8) is 0 Å². The number of halogens is 1. The second-order valence-electron chi connectivity index (χ2n) is 2.25. The van der Waals surface area contributed by atoms with Crippen LogP contribution in [0.5, 0.6) is 0 Å². The average Bonchev–Trinajstić information content (AvgIpc) is 2.03. The monoisotopic (exact) mass is 187 g/mol. The van der Waals surface area contributed by atoms with Crippen LogP contribution in [0.2, 0.25) is 0 Å². The summed E-state index contributed by atoms with van der Waals surface area (Å²) in [7, 11) is 0. The van der Waals surface area contributed by atoms with Gasteiger partial charge in [0.25, 0.3) is 5.70 Å². The number of aliphatic hydroxyl groups is 1. The Morgan fingerprint density at radius 3 is 2.83 bits per heavy atom. The number of nitro groups is 1. The van der Waals surface area contributed by atoms with Crippen molar-refractivity contribution >= 4 is 11.6 Å². The first-order valence-corrected chi connectivity index (χ1v) is 3.57. The lowest BCUT2D eigenvalue weighted by Crippen LogP contribution is -2.05. The van der Waals surface area contributed by atoms with Crippen LogP contribution < -0.4 is 0 Å². The molecule has 0 aliphatic heterocycles. The summed E-state index contributed by atoms with van der Waals surface area (Å²) in [5, 5.41) is 19.5. The second kappa shape index (κ2) is 3.40. The van der Waals surface area contributed by atoms with E-state index >= 15 is 0 Å². The molecule has 1 aliphatic rings. The number of nitrogens with zero attached hydrogens (tertiary/aromatic N) is 1. The van der Waals surface area contributed by atoms with Crippen LogP contribution in [-0.2, 0) is 0 Å². The Bertz CT molecular complexity index is 304. The molecule has 0 bridgehead atoms. The molecule has 1 N–H and O–H groups in total. The SMILES string of the molecule is O=[N+]([O-])C1=CC=C(Cl)C/C1=C\O. The molecule has 0 atom stereocenters. The van der Waals surface area contributed by atoms with Crippen LogP contribution in [0.25, 0.3) is 0 Å². The fourth-order valence-corrected chi connectivity index (χ4v) is 1.10. The van der Waals surface area contributed by atoms with E-state index in [0.29, 0.717) is 11.3 Å². The number of hydrogen-bond acceptors (Lipinski definition) is 3. The van der Waals surface area contributed by atoms with Gasteiger partial charge in [0.2, 0.25) is 0 Å². The molecule has 1 rings (SSSR count). The van der Waals surface area contributed by atoms with Gasteiger partial charge in [-0.2, -0.15) is 0 Å². The maximum Gasteiger partial charge on any atom is 0.276 e. The van der Waals surface area contributed by atoms with Crippen LogP contribution in [0.3, 0.4) is 0 Å². The second-order valence-corrected chi connectivity index (χ2v) is 2.74. The van der Waals surface area contributed by atoms with E-state index < -0.39 is 4.92 Å². The average molecular weight is 188 g/mol. The van der Waals surface area contributed by atoms with Gasteiger partial charge in [-0.15, -0.1) is 0 Å². The van der Waals surface area contributed by atoms with E-state index in [4.69, 9.17) is 16.7 Å². The van der Waals surface area contributed by atoms with Crippen molar-refractivity contribution in [2.45, 2.75) is 6.42 Å². The molecule has 4 nitrogen and oxygen atoms in total. The van der Waals surface area contributed by atoms with Gasteiger partial charge in [0.15, 0.2) is 0 Å². The van der Waals surface area contributed by atoms with Crippen LogP contribution in [0.15, 0.2) is 34.7 Å². The quantitative estimate of drug-likeness (QED) is 0.389. The van der Waals surface area contributed by atoms with Gasteiger partial charge in [-0.3, -0.25) is 10.1 Å². The standard InChI is InChI=1S/C7H6ClNO3/c8-6-1-2-7(9(11)12)5(3-6)4-10/h1-2,4,10H,3H2/b5-4+. The number of rotatable bonds is 1. The minimum absolute atomic E-state index is 0.109. The smallest absolute Gasteiger partial charge is 0.276 e. The van der Waals surface area contributed by atoms with Gasteiger partial charge in [0.05, 0.1) is 16.8 Å². The summed E-state index contributed by atoms with van der Waals surface area (Å²) >= 11 is 5.60. The van der Waals surface area contributed by atoms with E-state index in [2.05, 4.69) is 0 Å². The summed E-state index contributed by atoms with van der Waals surface area (Å²) in [5.41, 5.74) is 0.120. The molecule has 0 spiro atoms. The molecular weight excluding hydrogens is 182 g/mol. The van der Waals surface area contributed by atoms with Crippen molar-refractivity contribution in [2.75, 3.05) is 0 Å². The fraction of sp³-hybridized carbons (Fsp3) is 0.143. The molecule has 0 unspecified atom stereocenters. The highest BCUT2D eigenvalue weighted by atomic mass is 35.5. The summed E-state index contributed by atoms with van der Waals surface area (Å²) in [6.45, 7) is 0. The van der Waals surface area contributed by atoms with Gasteiger partial charge in [-0.25, -0.2) is 0 Å². The lowest BCUT2D eigenvalue weighted by Gasteiger charge is -2.05. The molecule has 12 heavy (non-hydrogen) atoms. The lowest BCUT2D eigenvalue weighted by molar-refractivity contribution is -0.421. The first-order valence-electron chi connectivity index (χ1n) is 3.19. The molecule has 0 aromatic heterocycles. The van der Waals surface area contributed by atoms with Gasteiger partial charge >= 0.3 is 0 Å². The predicted octanol–water partition coefficient (Wildman–Crippen LogP) is 2.12.